The number of hydrogen-bond donors (Lipinski definition) is 0. The van der Waals surface area contributed by atoms with E-state index in [9.17, 15) is 0 Å². The van der Waals surface area contributed by atoms with Crippen LogP contribution in [0.15, 0.2) is 62.8 Å². The molecule has 0 aromatic carbocycles. The lowest BCUT2D eigenvalue weighted by molar-refractivity contribution is 0.0405. The van der Waals surface area contributed by atoms with Crippen LogP contribution < -0.4 is 0 Å². The monoisotopic (exact) mass is 973 g/mol. The summed E-state index contributed by atoms with van der Waals surface area (Å²) in [7, 11) is 0. The van der Waals surface area contributed by atoms with Gasteiger partial charge in [0.05, 0.1) is 0 Å². The Kier molecular flexibility index (Phi) is 57.5. The van der Waals surface area contributed by atoms with Gasteiger partial charge >= 0.3 is 0 Å². The third kappa shape index (κ3) is 46.5. The minimum absolute atomic E-state index is 0.532. The zero-order chi connectivity index (χ0) is 50.8. The summed E-state index contributed by atoms with van der Waals surface area (Å²) in [6.45, 7) is 20.9. The van der Waals surface area contributed by atoms with Crippen molar-refractivity contribution in [1.82, 2.24) is 0 Å². The molecule has 0 aromatic heterocycles. The normalized spacial score (nSPS) is 13.5. The first-order chi connectivity index (χ1) is 34.7. The van der Waals surface area contributed by atoms with E-state index < -0.39 is 0 Å². The summed E-state index contributed by atoms with van der Waals surface area (Å²) < 4.78 is 0. The Morgan fingerprint density at radius 3 is 0.871 bits per heavy atom. The Bertz CT molecular complexity index is 1060. The molecule has 0 saturated heterocycles. The van der Waals surface area contributed by atoms with Crippen LogP contribution in [0.5, 0.6) is 0 Å². The second-order valence-corrected chi connectivity index (χ2v) is 23.2. The third-order valence-corrected chi connectivity index (χ3v) is 16.8. The van der Waals surface area contributed by atoms with E-state index in [0.29, 0.717) is 5.41 Å². The quantitative estimate of drug-likeness (QED) is 0.0421. The zero-order valence-electron chi connectivity index (χ0n) is 48.8. The Morgan fingerprint density at radius 2 is 0.543 bits per heavy atom. The minimum Gasteiger partial charge on any atom is -0.103 e. The lowest BCUT2D eigenvalue weighted by atomic mass is 9.59. The van der Waals surface area contributed by atoms with Gasteiger partial charge in [0.15, 0.2) is 0 Å². The zero-order valence-corrected chi connectivity index (χ0v) is 48.8. The summed E-state index contributed by atoms with van der Waals surface area (Å²) in [6.07, 6.45) is 91.2. The van der Waals surface area contributed by atoms with Gasteiger partial charge in [0.2, 0.25) is 0 Å². The summed E-state index contributed by atoms with van der Waals surface area (Å²) in [6, 6.07) is 0. The molecule has 0 saturated carbocycles. The molecule has 0 aromatic rings. The molecule has 0 nitrogen and oxygen atoms in total. The average Bonchev–Trinajstić information content (AvgIpc) is 3.37. The molecule has 0 aliphatic heterocycles. The first kappa shape index (κ1) is 68.7. The molecular formula is C70H132. The highest BCUT2D eigenvalue weighted by Gasteiger charge is 2.40. The number of allylic oxidation sites excluding steroid dienone is 6. The van der Waals surface area contributed by atoms with Crippen LogP contribution in [0.2, 0.25) is 0 Å². The van der Waals surface area contributed by atoms with Crippen LogP contribution in [-0.4, -0.2) is 0 Å². The molecule has 3 unspecified atom stereocenters. The van der Waals surface area contributed by atoms with Crippen molar-refractivity contribution in [2.45, 2.75) is 367 Å². The summed E-state index contributed by atoms with van der Waals surface area (Å²) in [5, 5.41) is 0. The van der Waals surface area contributed by atoms with E-state index in [1.165, 1.54) is 353 Å². The second-order valence-electron chi connectivity index (χ2n) is 23.2. The van der Waals surface area contributed by atoms with Gasteiger partial charge in [-0.2, -0.15) is 0 Å². The lowest BCUT2D eigenvalue weighted by Gasteiger charge is -2.46. The summed E-state index contributed by atoms with van der Waals surface area (Å²) in [4.78, 5) is 0. The van der Waals surface area contributed by atoms with E-state index in [0.717, 1.165) is 11.8 Å². The number of hydrogen-bond acceptors (Lipinski definition) is 0. The molecule has 0 aliphatic carbocycles. The van der Waals surface area contributed by atoms with Gasteiger partial charge in [-0.25, -0.2) is 0 Å². The van der Waals surface area contributed by atoms with E-state index in [-0.39, 0.29) is 0 Å². The van der Waals surface area contributed by atoms with Crippen molar-refractivity contribution >= 4 is 0 Å². The van der Waals surface area contributed by atoms with Crippen molar-refractivity contribution in [1.29, 1.82) is 0 Å². The maximum Gasteiger partial charge on any atom is -0.0267 e. The van der Waals surface area contributed by atoms with Crippen LogP contribution in [0, 0.1) is 17.3 Å². The third-order valence-electron chi connectivity index (χ3n) is 16.8. The molecule has 412 valence electrons. The molecule has 0 rings (SSSR count). The van der Waals surface area contributed by atoms with Crippen molar-refractivity contribution in [3.05, 3.63) is 62.8 Å². The van der Waals surface area contributed by atoms with E-state index >= 15 is 0 Å². The van der Waals surface area contributed by atoms with Crippen LogP contribution in [-0.2, 0) is 0 Å². The molecule has 0 amide bonds. The summed E-state index contributed by atoms with van der Waals surface area (Å²) in [5.74, 6) is 1.77. The highest BCUT2D eigenvalue weighted by molar-refractivity contribution is 4.91. The van der Waals surface area contributed by atoms with E-state index in [1.807, 2.05) is 0 Å². The summed E-state index contributed by atoms with van der Waals surface area (Å²) >= 11 is 0. The molecule has 70 heavy (non-hydrogen) atoms. The lowest BCUT2D eigenvalue weighted by Crippen LogP contribution is -2.36. The predicted octanol–water partition coefficient (Wildman–Crippen LogP) is 26.0. The number of rotatable bonds is 62. The molecule has 0 radical (unpaired) electrons. The van der Waals surface area contributed by atoms with Crippen molar-refractivity contribution in [3.63, 3.8) is 0 Å². The molecule has 0 heterocycles. The Balaban J connectivity index is 5.75. The van der Waals surface area contributed by atoms with Gasteiger partial charge in [-0.3, -0.25) is 0 Å². The summed E-state index contributed by atoms with van der Waals surface area (Å²) in [5.41, 5.74) is 0.532. The fourth-order valence-electron chi connectivity index (χ4n) is 12.4. The van der Waals surface area contributed by atoms with Gasteiger partial charge < -0.3 is 0 Å². The SMILES string of the molecule is C=CCCCCCCCCCCCCCCC(CCC)(CCCCCCCCC=CCCCCCCCC)C(CCCCCCCCCCCCC=C)C(CCC=C)CCCCCCCCCCC=C. The maximum absolute atomic E-state index is 4.31. The van der Waals surface area contributed by atoms with Crippen LogP contribution in [0.3, 0.4) is 0 Å². The van der Waals surface area contributed by atoms with Crippen LogP contribution in [0.4, 0.5) is 0 Å². The second kappa shape index (κ2) is 58.6. The fraction of sp³-hybridized carbons (Fsp3) is 0.857. The van der Waals surface area contributed by atoms with Crippen molar-refractivity contribution in [2.75, 3.05) is 0 Å². The first-order valence-electron chi connectivity index (χ1n) is 32.7. The molecule has 0 fully saturated rings. The first-order valence-corrected chi connectivity index (χ1v) is 32.7. The van der Waals surface area contributed by atoms with Gasteiger partial charge in [0.1, 0.15) is 0 Å². The van der Waals surface area contributed by atoms with Crippen LogP contribution in [0.1, 0.15) is 367 Å². The maximum atomic E-state index is 4.31. The smallest absolute Gasteiger partial charge is 0.0267 e. The van der Waals surface area contributed by atoms with Gasteiger partial charge in [-0.15, -0.1) is 26.3 Å². The van der Waals surface area contributed by atoms with Crippen molar-refractivity contribution in [3.8, 4) is 0 Å². The molecule has 0 heteroatoms. The standard InChI is InChI=1S/C70H132/c1-7-13-18-22-26-30-34-37-39-40-42-45-49-53-57-61-67-70(65-12-6,66-60-56-52-48-44-41-38-35-31-27-23-19-14-8-2)69(64-59-55-51-47-43-36-32-28-24-20-15-9-3)68(62-17-11-5)63-58-54-50-46-33-29-25-21-16-10-4/h8-11,37,39,68-69H,2-5,7,12-36,38,40-67H2,1,6H3. The van der Waals surface area contributed by atoms with Gasteiger partial charge in [-0.1, -0.05) is 301 Å². The molecule has 0 bridgehead atoms. The largest absolute Gasteiger partial charge is 0.103 e. The number of unbranched alkanes of at least 4 members (excludes halogenated alkanes) is 42. The topological polar surface area (TPSA) is 0 Å². The van der Waals surface area contributed by atoms with E-state index in [2.05, 4.69) is 76.6 Å². The molecular weight excluding hydrogens is 841 g/mol. The minimum atomic E-state index is 0.532. The highest BCUT2D eigenvalue weighted by atomic mass is 14.5. The highest BCUT2D eigenvalue weighted by Crippen LogP contribution is 2.51. The van der Waals surface area contributed by atoms with E-state index in [4.69, 9.17) is 0 Å². The molecule has 0 spiro atoms. The van der Waals surface area contributed by atoms with Crippen molar-refractivity contribution in [2.24, 2.45) is 17.3 Å². The van der Waals surface area contributed by atoms with Gasteiger partial charge in [0, 0.05) is 0 Å². The van der Waals surface area contributed by atoms with Crippen LogP contribution >= 0.6 is 0 Å². The van der Waals surface area contributed by atoms with Crippen LogP contribution in [0.25, 0.3) is 0 Å². The van der Waals surface area contributed by atoms with Crippen molar-refractivity contribution < 1.29 is 0 Å². The van der Waals surface area contributed by atoms with Gasteiger partial charge in [-0.05, 0) is 120 Å². The Hall–Kier alpha value is -1.30. The molecule has 3 atom stereocenters. The predicted molar refractivity (Wildman–Crippen MR) is 325 cm³/mol. The average molecular weight is 974 g/mol. The Morgan fingerprint density at radius 1 is 0.257 bits per heavy atom. The van der Waals surface area contributed by atoms with E-state index in [1.54, 1.807) is 0 Å². The molecule has 0 N–H and O–H groups in total. The Labute approximate surface area is 444 Å². The fourth-order valence-corrected chi connectivity index (χ4v) is 12.4. The molecule has 0 aliphatic rings. The van der Waals surface area contributed by atoms with Gasteiger partial charge in [0.25, 0.3) is 0 Å².